The summed E-state index contributed by atoms with van der Waals surface area (Å²) >= 11 is 2.72. The monoisotopic (exact) mass is 546 g/mol. The Labute approximate surface area is 227 Å². The van der Waals surface area contributed by atoms with Crippen molar-refractivity contribution < 1.29 is 18.8 Å². The maximum absolute atomic E-state index is 13.3. The van der Waals surface area contributed by atoms with Gasteiger partial charge in [-0.2, -0.15) is 0 Å². The first kappa shape index (κ1) is 26.8. The molecule has 0 saturated heterocycles. The van der Waals surface area contributed by atoms with Gasteiger partial charge in [-0.1, -0.05) is 30.3 Å². The second-order valence-electron chi connectivity index (χ2n) is 8.04. The van der Waals surface area contributed by atoms with Gasteiger partial charge in [0.2, 0.25) is 5.91 Å². The van der Waals surface area contributed by atoms with Crippen LogP contribution in [0.1, 0.15) is 21.6 Å². The number of benzene rings is 3. The van der Waals surface area contributed by atoms with E-state index < -0.39 is 17.6 Å². The molecule has 0 saturated carbocycles. The smallest absolute Gasteiger partial charge is 0.272 e. The van der Waals surface area contributed by atoms with Crippen molar-refractivity contribution in [3.05, 3.63) is 113 Å². The zero-order chi connectivity index (χ0) is 26.9. The SMILES string of the molecule is Cc1csc(NC(=O)CSc2ccc(NC(=O)/C(=C/c3ccc(F)cc3)NC(=O)c3ccccc3)cc2)n1. The van der Waals surface area contributed by atoms with Gasteiger partial charge in [0.25, 0.3) is 11.8 Å². The molecule has 0 spiro atoms. The van der Waals surface area contributed by atoms with Crippen molar-refractivity contribution in [3.8, 4) is 0 Å². The van der Waals surface area contributed by atoms with Gasteiger partial charge in [-0.15, -0.1) is 23.1 Å². The molecule has 3 amide bonds. The number of hydrogen-bond acceptors (Lipinski definition) is 6. The van der Waals surface area contributed by atoms with Crippen molar-refractivity contribution in [3.63, 3.8) is 0 Å². The highest BCUT2D eigenvalue weighted by molar-refractivity contribution is 8.00. The lowest BCUT2D eigenvalue weighted by molar-refractivity contribution is -0.114. The molecule has 38 heavy (non-hydrogen) atoms. The number of hydrogen-bond donors (Lipinski definition) is 3. The van der Waals surface area contributed by atoms with E-state index in [2.05, 4.69) is 20.9 Å². The average Bonchev–Trinajstić information content (AvgIpc) is 3.33. The number of halogens is 1. The van der Waals surface area contributed by atoms with E-state index >= 15 is 0 Å². The molecule has 1 heterocycles. The number of thioether (sulfide) groups is 1. The Morgan fingerprint density at radius 1 is 0.947 bits per heavy atom. The average molecular weight is 547 g/mol. The summed E-state index contributed by atoms with van der Waals surface area (Å²) in [6, 6.07) is 21.1. The number of carbonyl (C=O) groups excluding carboxylic acids is 3. The second kappa shape index (κ2) is 12.8. The molecule has 0 aliphatic heterocycles. The van der Waals surface area contributed by atoms with E-state index in [1.165, 1.54) is 53.4 Å². The van der Waals surface area contributed by atoms with Gasteiger partial charge in [0.05, 0.1) is 11.4 Å². The van der Waals surface area contributed by atoms with Crippen molar-refractivity contribution in [2.45, 2.75) is 11.8 Å². The van der Waals surface area contributed by atoms with Crippen LogP contribution in [0, 0.1) is 12.7 Å². The number of nitrogens with one attached hydrogen (secondary N) is 3. The van der Waals surface area contributed by atoms with Crippen LogP contribution in [0.5, 0.6) is 0 Å². The first-order valence-corrected chi connectivity index (χ1v) is 13.3. The van der Waals surface area contributed by atoms with Crippen molar-refractivity contribution >= 4 is 57.7 Å². The minimum atomic E-state index is -0.544. The first-order valence-electron chi connectivity index (χ1n) is 11.5. The molecule has 3 N–H and O–H groups in total. The fraction of sp³-hybridized carbons (Fsp3) is 0.0714. The predicted octanol–water partition coefficient (Wildman–Crippen LogP) is 5.73. The summed E-state index contributed by atoms with van der Waals surface area (Å²) in [6.07, 6.45) is 1.47. The zero-order valence-corrected chi connectivity index (χ0v) is 21.9. The predicted molar refractivity (Wildman–Crippen MR) is 150 cm³/mol. The Balaban J connectivity index is 1.40. The van der Waals surface area contributed by atoms with Crippen molar-refractivity contribution in [2.24, 2.45) is 0 Å². The molecule has 4 rings (SSSR count). The Hall–Kier alpha value is -4.28. The minimum absolute atomic E-state index is 0.00185. The fourth-order valence-electron chi connectivity index (χ4n) is 3.22. The molecule has 0 bridgehead atoms. The summed E-state index contributed by atoms with van der Waals surface area (Å²) < 4.78 is 13.3. The van der Waals surface area contributed by atoms with E-state index in [1.54, 1.807) is 54.6 Å². The van der Waals surface area contributed by atoms with E-state index in [9.17, 15) is 18.8 Å². The van der Waals surface area contributed by atoms with Gasteiger partial charge >= 0.3 is 0 Å². The summed E-state index contributed by atoms with van der Waals surface area (Å²) in [7, 11) is 0. The van der Waals surface area contributed by atoms with Crippen molar-refractivity contribution in [1.82, 2.24) is 10.3 Å². The van der Waals surface area contributed by atoms with Gasteiger partial charge in [-0.25, -0.2) is 9.37 Å². The van der Waals surface area contributed by atoms with Crippen LogP contribution >= 0.6 is 23.1 Å². The lowest BCUT2D eigenvalue weighted by atomic mass is 10.1. The standard InChI is InChI=1S/C28H23FN4O3S2/c1-18-16-38-28(30-18)33-25(34)17-37-23-13-11-22(12-14-23)31-27(36)24(15-19-7-9-21(29)10-8-19)32-26(35)20-5-3-2-4-6-20/h2-16H,17H2,1H3,(H,31,36)(H,32,35)(H,30,33,34)/b24-15-. The van der Waals surface area contributed by atoms with Crippen LogP contribution < -0.4 is 16.0 Å². The molecule has 0 fully saturated rings. The number of thiazole rings is 1. The third kappa shape index (κ3) is 7.86. The molecule has 3 aromatic carbocycles. The van der Waals surface area contributed by atoms with Crippen LogP contribution in [0.25, 0.3) is 6.08 Å². The number of anilines is 2. The summed E-state index contributed by atoms with van der Waals surface area (Å²) in [4.78, 5) is 43.0. The lowest BCUT2D eigenvalue weighted by Gasteiger charge is -2.12. The molecule has 192 valence electrons. The zero-order valence-electron chi connectivity index (χ0n) is 20.2. The van der Waals surface area contributed by atoms with Crippen LogP contribution in [0.4, 0.5) is 15.2 Å². The molecular weight excluding hydrogens is 523 g/mol. The van der Waals surface area contributed by atoms with Crippen LogP contribution in [0.2, 0.25) is 0 Å². The van der Waals surface area contributed by atoms with E-state index in [4.69, 9.17) is 0 Å². The Bertz CT molecular complexity index is 1450. The summed E-state index contributed by atoms with van der Waals surface area (Å²) in [6.45, 7) is 1.86. The number of nitrogens with zero attached hydrogens (tertiary/aromatic N) is 1. The Morgan fingerprint density at radius 3 is 2.32 bits per heavy atom. The van der Waals surface area contributed by atoms with Crippen LogP contribution in [0.3, 0.4) is 0 Å². The number of rotatable bonds is 9. The highest BCUT2D eigenvalue weighted by Gasteiger charge is 2.15. The molecule has 1 aromatic heterocycles. The maximum atomic E-state index is 13.3. The second-order valence-corrected chi connectivity index (χ2v) is 9.95. The molecule has 7 nitrogen and oxygen atoms in total. The number of carbonyl (C=O) groups is 3. The van der Waals surface area contributed by atoms with Gasteiger partial charge in [-0.3, -0.25) is 14.4 Å². The van der Waals surface area contributed by atoms with E-state index in [0.717, 1.165) is 10.6 Å². The summed E-state index contributed by atoms with van der Waals surface area (Å²) in [5.74, 6) is -1.36. The van der Waals surface area contributed by atoms with E-state index in [1.807, 2.05) is 12.3 Å². The van der Waals surface area contributed by atoms with Crippen LogP contribution in [-0.2, 0) is 9.59 Å². The molecule has 0 aliphatic carbocycles. The first-order chi connectivity index (χ1) is 18.4. The van der Waals surface area contributed by atoms with Gasteiger partial charge in [0, 0.05) is 21.5 Å². The van der Waals surface area contributed by atoms with Gasteiger partial charge in [0.1, 0.15) is 11.5 Å². The normalized spacial score (nSPS) is 11.1. The van der Waals surface area contributed by atoms with E-state index in [0.29, 0.717) is 21.9 Å². The molecule has 10 heteroatoms. The van der Waals surface area contributed by atoms with E-state index in [-0.39, 0.29) is 17.4 Å². The molecule has 0 aliphatic rings. The maximum Gasteiger partial charge on any atom is 0.272 e. The third-order valence-electron chi connectivity index (χ3n) is 5.06. The number of aromatic nitrogens is 1. The summed E-state index contributed by atoms with van der Waals surface area (Å²) in [5, 5.41) is 10.6. The van der Waals surface area contributed by atoms with Crippen molar-refractivity contribution in [1.29, 1.82) is 0 Å². The van der Waals surface area contributed by atoms with Crippen LogP contribution in [-0.4, -0.2) is 28.5 Å². The molecule has 0 unspecified atom stereocenters. The fourth-order valence-corrected chi connectivity index (χ4v) is 4.62. The number of amides is 3. The topological polar surface area (TPSA) is 100 Å². The van der Waals surface area contributed by atoms with Gasteiger partial charge in [0.15, 0.2) is 5.13 Å². The largest absolute Gasteiger partial charge is 0.321 e. The minimum Gasteiger partial charge on any atom is -0.321 e. The summed E-state index contributed by atoms with van der Waals surface area (Å²) in [5.41, 5.74) is 2.29. The van der Waals surface area contributed by atoms with Gasteiger partial charge < -0.3 is 16.0 Å². The lowest BCUT2D eigenvalue weighted by Crippen LogP contribution is -2.30. The molecule has 0 radical (unpaired) electrons. The molecule has 0 atom stereocenters. The quantitative estimate of drug-likeness (QED) is 0.184. The van der Waals surface area contributed by atoms with Gasteiger partial charge in [-0.05, 0) is 67.1 Å². The van der Waals surface area contributed by atoms with Crippen molar-refractivity contribution in [2.75, 3.05) is 16.4 Å². The highest BCUT2D eigenvalue weighted by Crippen LogP contribution is 2.22. The Kier molecular flexibility index (Phi) is 9.02. The number of aryl methyl sites for hydroxylation is 1. The van der Waals surface area contributed by atoms with Crippen LogP contribution in [0.15, 0.2) is 94.8 Å². The molecule has 4 aromatic rings. The molecular formula is C28H23FN4O3S2. The highest BCUT2D eigenvalue weighted by atomic mass is 32.2. The third-order valence-corrected chi connectivity index (χ3v) is 6.94. The Morgan fingerprint density at radius 2 is 1.66 bits per heavy atom.